The lowest BCUT2D eigenvalue weighted by atomic mass is 9.82. The summed E-state index contributed by atoms with van der Waals surface area (Å²) < 4.78 is 0. The van der Waals surface area contributed by atoms with Crippen molar-refractivity contribution < 1.29 is 0 Å². The van der Waals surface area contributed by atoms with Crippen molar-refractivity contribution in [2.45, 2.75) is 32.2 Å². The summed E-state index contributed by atoms with van der Waals surface area (Å²) in [6, 6.07) is 0. The fourth-order valence-corrected chi connectivity index (χ4v) is 1.57. The zero-order valence-corrected chi connectivity index (χ0v) is 6.98. The Morgan fingerprint density at radius 2 is 1.80 bits per heavy atom. The van der Waals surface area contributed by atoms with Crippen molar-refractivity contribution >= 4 is 0 Å². The van der Waals surface area contributed by atoms with Gasteiger partial charge in [0.25, 0.3) is 0 Å². The number of hydrogen-bond donors (Lipinski definition) is 2. The predicted molar refractivity (Wildman–Crippen MR) is 43.9 cm³/mol. The monoisotopic (exact) mass is 142 g/mol. The van der Waals surface area contributed by atoms with Crippen molar-refractivity contribution in [2.24, 2.45) is 11.7 Å². The quantitative estimate of drug-likeness (QED) is 0.566. The Bertz CT molecular complexity index is 98.3. The van der Waals surface area contributed by atoms with Gasteiger partial charge in [0, 0.05) is 5.54 Å². The molecule has 0 radical (unpaired) electrons. The van der Waals surface area contributed by atoms with E-state index in [4.69, 9.17) is 5.73 Å². The van der Waals surface area contributed by atoms with Crippen molar-refractivity contribution in [3.05, 3.63) is 0 Å². The van der Waals surface area contributed by atoms with Gasteiger partial charge >= 0.3 is 0 Å². The van der Waals surface area contributed by atoms with Crippen molar-refractivity contribution in [3.63, 3.8) is 0 Å². The van der Waals surface area contributed by atoms with Crippen LogP contribution in [0, 0.1) is 5.92 Å². The van der Waals surface area contributed by atoms with Gasteiger partial charge in [0.2, 0.25) is 0 Å². The lowest BCUT2D eigenvalue weighted by molar-refractivity contribution is 0.250. The van der Waals surface area contributed by atoms with E-state index < -0.39 is 0 Å². The van der Waals surface area contributed by atoms with Crippen LogP contribution in [-0.2, 0) is 0 Å². The van der Waals surface area contributed by atoms with Crippen LogP contribution < -0.4 is 11.1 Å². The highest BCUT2D eigenvalue weighted by Crippen LogP contribution is 2.22. The van der Waals surface area contributed by atoms with Gasteiger partial charge in [-0.15, -0.1) is 0 Å². The van der Waals surface area contributed by atoms with Gasteiger partial charge in [-0.2, -0.15) is 0 Å². The van der Waals surface area contributed by atoms with Gasteiger partial charge in [0.05, 0.1) is 0 Å². The molecule has 1 rings (SSSR count). The van der Waals surface area contributed by atoms with Crippen LogP contribution >= 0.6 is 0 Å². The second kappa shape index (κ2) is 2.89. The summed E-state index contributed by atoms with van der Waals surface area (Å²) in [5.41, 5.74) is 6.01. The van der Waals surface area contributed by atoms with Crippen LogP contribution in [-0.4, -0.2) is 18.6 Å². The van der Waals surface area contributed by atoms with E-state index in [1.54, 1.807) is 0 Å². The molecule has 1 aliphatic rings. The number of rotatable bonds is 1. The van der Waals surface area contributed by atoms with Gasteiger partial charge in [-0.05, 0) is 45.7 Å². The molecule has 0 unspecified atom stereocenters. The summed E-state index contributed by atoms with van der Waals surface area (Å²) in [4.78, 5) is 0. The maximum Gasteiger partial charge on any atom is 0.0126 e. The Labute approximate surface area is 63.2 Å². The molecule has 3 N–H and O–H groups in total. The molecule has 0 aromatic carbocycles. The summed E-state index contributed by atoms with van der Waals surface area (Å²) in [5, 5.41) is 3.33. The molecule has 2 heteroatoms. The van der Waals surface area contributed by atoms with Crippen LogP contribution in [0.15, 0.2) is 0 Å². The zero-order valence-electron chi connectivity index (χ0n) is 6.98. The molecule has 0 bridgehead atoms. The smallest absolute Gasteiger partial charge is 0.0126 e. The number of nitrogens with one attached hydrogen (secondary N) is 1. The Morgan fingerprint density at radius 3 is 2.10 bits per heavy atom. The minimum absolute atomic E-state index is 0.0299. The molecule has 1 fully saturated rings. The SMILES string of the molecule is CC(C)(N)C1CCNCC1. The molecule has 10 heavy (non-hydrogen) atoms. The van der Waals surface area contributed by atoms with Gasteiger partial charge < -0.3 is 11.1 Å². The van der Waals surface area contributed by atoms with E-state index in [1.165, 1.54) is 12.8 Å². The Kier molecular flexibility index (Phi) is 2.32. The Hall–Kier alpha value is -0.0800. The van der Waals surface area contributed by atoms with Gasteiger partial charge in [-0.3, -0.25) is 0 Å². The number of nitrogens with two attached hydrogens (primary N) is 1. The minimum Gasteiger partial charge on any atom is -0.325 e. The van der Waals surface area contributed by atoms with Gasteiger partial charge in [-0.25, -0.2) is 0 Å². The molecule has 0 aromatic rings. The van der Waals surface area contributed by atoms with Crippen LogP contribution in [0.25, 0.3) is 0 Å². The van der Waals surface area contributed by atoms with E-state index in [0.29, 0.717) is 5.92 Å². The van der Waals surface area contributed by atoms with E-state index >= 15 is 0 Å². The molecular formula is C8H18N2. The normalized spacial score (nSPS) is 23.1. The van der Waals surface area contributed by atoms with Crippen molar-refractivity contribution in [3.8, 4) is 0 Å². The van der Waals surface area contributed by atoms with Crippen LogP contribution in [0.4, 0.5) is 0 Å². The lowest BCUT2D eigenvalue weighted by Gasteiger charge is -2.33. The summed E-state index contributed by atoms with van der Waals surface area (Å²) in [7, 11) is 0. The third-order valence-corrected chi connectivity index (χ3v) is 2.39. The van der Waals surface area contributed by atoms with Crippen molar-refractivity contribution in [1.82, 2.24) is 5.32 Å². The van der Waals surface area contributed by atoms with E-state index in [2.05, 4.69) is 19.2 Å². The molecule has 2 nitrogen and oxygen atoms in total. The molecule has 1 aliphatic heterocycles. The third-order valence-electron chi connectivity index (χ3n) is 2.39. The van der Waals surface area contributed by atoms with Gasteiger partial charge in [-0.1, -0.05) is 0 Å². The first-order chi connectivity index (χ1) is 4.61. The first-order valence-electron chi connectivity index (χ1n) is 4.10. The average Bonchev–Trinajstić information content (AvgIpc) is 1.88. The number of piperidine rings is 1. The topological polar surface area (TPSA) is 38.0 Å². The molecule has 1 heterocycles. The first kappa shape index (κ1) is 8.02. The molecule has 0 aliphatic carbocycles. The van der Waals surface area contributed by atoms with Crippen LogP contribution in [0.1, 0.15) is 26.7 Å². The van der Waals surface area contributed by atoms with E-state index in [-0.39, 0.29) is 5.54 Å². The molecule has 60 valence electrons. The third kappa shape index (κ3) is 1.96. The summed E-state index contributed by atoms with van der Waals surface area (Å²) in [5.74, 6) is 0.716. The molecule has 0 saturated carbocycles. The van der Waals surface area contributed by atoms with Gasteiger partial charge in [0.15, 0.2) is 0 Å². The van der Waals surface area contributed by atoms with Gasteiger partial charge in [0.1, 0.15) is 0 Å². The summed E-state index contributed by atoms with van der Waals surface area (Å²) in [6.45, 7) is 6.54. The maximum atomic E-state index is 5.98. The fraction of sp³-hybridized carbons (Fsp3) is 1.00. The molecule has 0 aromatic heterocycles. The summed E-state index contributed by atoms with van der Waals surface area (Å²) >= 11 is 0. The Balaban J connectivity index is 2.39. The van der Waals surface area contributed by atoms with E-state index in [0.717, 1.165) is 13.1 Å². The van der Waals surface area contributed by atoms with Crippen molar-refractivity contribution in [1.29, 1.82) is 0 Å². The molecule has 1 saturated heterocycles. The molecule has 0 atom stereocenters. The van der Waals surface area contributed by atoms with Crippen molar-refractivity contribution in [2.75, 3.05) is 13.1 Å². The van der Waals surface area contributed by atoms with E-state index in [9.17, 15) is 0 Å². The second-order valence-electron chi connectivity index (χ2n) is 3.85. The van der Waals surface area contributed by atoms with E-state index in [1.807, 2.05) is 0 Å². The Morgan fingerprint density at radius 1 is 1.30 bits per heavy atom. The molecule has 0 amide bonds. The highest BCUT2D eigenvalue weighted by atomic mass is 14.9. The van der Waals surface area contributed by atoms with Crippen LogP contribution in [0.3, 0.4) is 0 Å². The summed E-state index contributed by atoms with van der Waals surface area (Å²) in [6.07, 6.45) is 2.48. The molecule has 0 spiro atoms. The maximum absolute atomic E-state index is 5.98. The highest BCUT2D eigenvalue weighted by Gasteiger charge is 2.25. The second-order valence-corrected chi connectivity index (χ2v) is 3.85. The minimum atomic E-state index is 0.0299. The first-order valence-corrected chi connectivity index (χ1v) is 4.10. The molecular weight excluding hydrogens is 124 g/mol. The number of hydrogen-bond acceptors (Lipinski definition) is 2. The lowest BCUT2D eigenvalue weighted by Crippen LogP contribution is -2.45. The standard InChI is InChI=1S/C8H18N2/c1-8(2,9)7-3-5-10-6-4-7/h7,10H,3-6,9H2,1-2H3. The fourth-order valence-electron chi connectivity index (χ4n) is 1.57. The van der Waals surface area contributed by atoms with Crippen LogP contribution in [0.2, 0.25) is 0 Å². The highest BCUT2D eigenvalue weighted by molar-refractivity contribution is 4.85. The van der Waals surface area contributed by atoms with Crippen LogP contribution in [0.5, 0.6) is 0 Å². The zero-order chi connectivity index (χ0) is 7.61. The average molecular weight is 142 g/mol. The largest absolute Gasteiger partial charge is 0.325 e. The predicted octanol–water partition coefficient (Wildman–Crippen LogP) is 0.723.